The Morgan fingerprint density at radius 2 is 2.20 bits per heavy atom. The Balaban J connectivity index is 1.81. The molecule has 4 heteroatoms. The third kappa shape index (κ3) is 4.62. The summed E-state index contributed by atoms with van der Waals surface area (Å²) in [5.41, 5.74) is 1.23. The van der Waals surface area contributed by atoms with E-state index in [1.807, 2.05) is 19.2 Å². The van der Waals surface area contributed by atoms with Crippen LogP contribution in [0.3, 0.4) is 0 Å². The Morgan fingerprint density at radius 3 is 2.85 bits per heavy atom. The SMILES string of the molecule is CNC(CCOc1cccc(C)c1)Cc1sccc1Br. The molecule has 0 bridgehead atoms. The zero-order valence-corrected chi connectivity index (χ0v) is 14.3. The number of hydrogen-bond acceptors (Lipinski definition) is 3. The summed E-state index contributed by atoms with van der Waals surface area (Å²) >= 11 is 5.39. The van der Waals surface area contributed by atoms with Gasteiger partial charge >= 0.3 is 0 Å². The zero-order chi connectivity index (χ0) is 14.4. The number of ether oxygens (including phenoxy) is 1. The van der Waals surface area contributed by atoms with Crippen LogP contribution in [0.15, 0.2) is 40.2 Å². The van der Waals surface area contributed by atoms with Gasteiger partial charge in [-0.3, -0.25) is 0 Å². The van der Waals surface area contributed by atoms with E-state index < -0.39 is 0 Å². The fraction of sp³-hybridized carbons (Fsp3) is 0.375. The maximum atomic E-state index is 5.82. The third-order valence-electron chi connectivity index (χ3n) is 3.26. The number of nitrogens with one attached hydrogen (secondary N) is 1. The summed E-state index contributed by atoms with van der Waals surface area (Å²) in [6, 6.07) is 10.7. The van der Waals surface area contributed by atoms with Crippen LogP contribution in [0.2, 0.25) is 0 Å². The molecule has 108 valence electrons. The molecule has 2 nitrogen and oxygen atoms in total. The van der Waals surface area contributed by atoms with Gasteiger partial charge in [-0.2, -0.15) is 0 Å². The van der Waals surface area contributed by atoms with Crippen molar-refractivity contribution in [3.63, 3.8) is 0 Å². The minimum Gasteiger partial charge on any atom is -0.494 e. The van der Waals surface area contributed by atoms with E-state index in [2.05, 4.69) is 51.7 Å². The van der Waals surface area contributed by atoms with E-state index in [4.69, 9.17) is 4.74 Å². The molecule has 2 rings (SSSR count). The van der Waals surface area contributed by atoms with Crippen molar-refractivity contribution in [3.05, 3.63) is 50.6 Å². The second kappa shape index (κ2) is 7.81. The first-order chi connectivity index (χ1) is 9.69. The Kier molecular flexibility index (Phi) is 6.07. The van der Waals surface area contributed by atoms with Gasteiger partial charge in [-0.15, -0.1) is 11.3 Å². The Morgan fingerprint density at radius 1 is 1.35 bits per heavy atom. The summed E-state index contributed by atoms with van der Waals surface area (Å²) < 4.78 is 7.03. The van der Waals surface area contributed by atoms with Gasteiger partial charge in [-0.05, 0) is 71.9 Å². The standard InChI is InChI=1S/C16H20BrNOS/c1-12-4-3-5-14(10-12)19-8-6-13(18-2)11-16-15(17)7-9-20-16/h3-5,7,9-10,13,18H,6,8,11H2,1-2H3. The van der Waals surface area contributed by atoms with Crippen LogP contribution in [-0.2, 0) is 6.42 Å². The molecule has 1 unspecified atom stereocenters. The van der Waals surface area contributed by atoms with E-state index >= 15 is 0 Å². The molecule has 20 heavy (non-hydrogen) atoms. The number of hydrogen-bond donors (Lipinski definition) is 1. The highest BCUT2D eigenvalue weighted by Crippen LogP contribution is 2.24. The van der Waals surface area contributed by atoms with Gasteiger partial charge in [0, 0.05) is 15.4 Å². The molecule has 1 aromatic carbocycles. The highest BCUT2D eigenvalue weighted by Gasteiger charge is 2.11. The van der Waals surface area contributed by atoms with Crippen LogP contribution in [0.5, 0.6) is 5.75 Å². The number of aryl methyl sites for hydroxylation is 1. The molecule has 1 heterocycles. The number of rotatable bonds is 7. The maximum Gasteiger partial charge on any atom is 0.119 e. The van der Waals surface area contributed by atoms with Gasteiger partial charge in [-0.1, -0.05) is 12.1 Å². The second-order valence-electron chi connectivity index (χ2n) is 4.84. The van der Waals surface area contributed by atoms with Crippen molar-refractivity contribution in [2.75, 3.05) is 13.7 Å². The van der Waals surface area contributed by atoms with Crippen LogP contribution in [0, 0.1) is 6.92 Å². The fourth-order valence-corrected chi connectivity index (χ4v) is 3.66. The maximum absolute atomic E-state index is 5.82. The van der Waals surface area contributed by atoms with E-state index in [1.165, 1.54) is 14.9 Å². The first kappa shape index (κ1) is 15.5. The second-order valence-corrected chi connectivity index (χ2v) is 6.69. The summed E-state index contributed by atoms with van der Waals surface area (Å²) in [6.07, 6.45) is 2.03. The Bertz CT molecular complexity index is 541. The van der Waals surface area contributed by atoms with Gasteiger partial charge in [0.1, 0.15) is 5.75 Å². The highest BCUT2D eigenvalue weighted by atomic mass is 79.9. The number of halogens is 1. The summed E-state index contributed by atoms with van der Waals surface area (Å²) in [7, 11) is 2.01. The van der Waals surface area contributed by atoms with Crippen molar-refractivity contribution >= 4 is 27.3 Å². The smallest absolute Gasteiger partial charge is 0.119 e. The first-order valence-electron chi connectivity index (χ1n) is 6.77. The third-order valence-corrected chi connectivity index (χ3v) is 5.20. The van der Waals surface area contributed by atoms with Crippen molar-refractivity contribution < 1.29 is 4.74 Å². The summed E-state index contributed by atoms with van der Waals surface area (Å²) in [4.78, 5) is 1.39. The van der Waals surface area contributed by atoms with Gasteiger partial charge in [-0.25, -0.2) is 0 Å². The van der Waals surface area contributed by atoms with Crippen LogP contribution in [0.25, 0.3) is 0 Å². The van der Waals surface area contributed by atoms with Crippen molar-refractivity contribution in [1.29, 1.82) is 0 Å². The van der Waals surface area contributed by atoms with Crippen LogP contribution in [0.4, 0.5) is 0 Å². The molecular weight excluding hydrogens is 334 g/mol. The molecular formula is C16H20BrNOS. The summed E-state index contributed by atoms with van der Waals surface area (Å²) in [6.45, 7) is 2.82. The molecule has 0 amide bonds. The Hall–Kier alpha value is -0.840. The molecule has 0 saturated carbocycles. The lowest BCUT2D eigenvalue weighted by Gasteiger charge is -2.16. The van der Waals surface area contributed by atoms with E-state index in [-0.39, 0.29) is 0 Å². The highest BCUT2D eigenvalue weighted by molar-refractivity contribution is 9.10. The largest absolute Gasteiger partial charge is 0.494 e. The molecule has 0 aliphatic rings. The van der Waals surface area contributed by atoms with Crippen LogP contribution >= 0.6 is 27.3 Å². The normalized spacial score (nSPS) is 12.3. The average molecular weight is 354 g/mol. The van der Waals surface area contributed by atoms with Crippen LogP contribution in [0.1, 0.15) is 16.9 Å². The lowest BCUT2D eigenvalue weighted by molar-refractivity contribution is 0.288. The van der Waals surface area contributed by atoms with Gasteiger partial charge < -0.3 is 10.1 Å². The van der Waals surface area contributed by atoms with Gasteiger partial charge in [0.2, 0.25) is 0 Å². The summed E-state index contributed by atoms with van der Waals surface area (Å²) in [5, 5.41) is 5.49. The molecule has 2 aromatic rings. The molecule has 0 aliphatic carbocycles. The quantitative estimate of drug-likeness (QED) is 0.795. The number of thiophene rings is 1. The average Bonchev–Trinajstić information content (AvgIpc) is 2.83. The molecule has 0 saturated heterocycles. The van der Waals surface area contributed by atoms with Gasteiger partial charge in [0.05, 0.1) is 6.61 Å². The topological polar surface area (TPSA) is 21.3 Å². The van der Waals surface area contributed by atoms with Gasteiger partial charge in [0.15, 0.2) is 0 Å². The van der Waals surface area contributed by atoms with Crippen LogP contribution < -0.4 is 10.1 Å². The molecule has 1 aromatic heterocycles. The monoisotopic (exact) mass is 353 g/mol. The predicted octanol–water partition coefficient (Wildman–Crippen LogP) is 4.42. The minimum absolute atomic E-state index is 0.440. The lowest BCUT2D eigenvalue weighted by atomic mass is 10.1. The molecule has 1 N–H and O–H groups in total. The van der Waals surface area contributed by atoms with E-state index in [1.54, 1.807) is 11.3 Å². The fourth-order valence-electron chi connectivity index (χ4n) is 2.07. The number of benzene rings is 1. The van der Waals surface area contributed by atoms with Crippen molar-refractivity contribution in [2.24, 2.45) is 0 Å². The van der Waals surface area contributed by atoms with Crippen molar-refractivity contribution in [1.82, 2.24) is 5.32 Å². The van der Waals surface area contributed by atoms with E-state index in [0.717, 1.165) is 25.2 Å². The van der Waals surface area contributed by atoms with Crippen molar-refractivity contribution in [2.45, 2.75) is 25.8 Å². The minimum atomic E-state index is 0.440. The molecule has 0 radical (unpaired) electrons. The predicted molar refractivity (Wildman–Crippen MR) is 89.9 cm³/mol. The molecule has 1 atom stereocenters. The lowest BCUT2D eigenvalue weighted by Crippen LogP contribution is -2.29. The van der Waals surface area contributed by atoms with Crippen LogP contribution in [-0.4, -0.2) is 19.7 Å². The summed E-state index contributed by atoms with van der Waals surface area (Å²) in [5.74, 6) is 0.956. The molecule has 0 aliphatic heterocycles. The van der Waals surface area contributed by atoms with E-state index in [9.17, 15) is 0 Å². The Labute approximate surface area is 133 Å². The zero-order valence-electron chi connectivity index (χ0n) is 11.9. The van der Waals surface area contributed by atoms with Gasteiger partial charge in [0.25, 0.3) is 0 Å². The molecule has 0 fully saturated rings. The van der Waals surface area contributed by atoms with Crippen molar-refractivity contribution in [3.8, 4) is 5.75 Å². The number of likely N-dealkylation sites (N-methyl/N-ethyl adjacent to an activating group) is 1. The van der Waals surface area contributed by atoms with E-state index in [0.29, 0.717) is 6.04 Å². The first-order valence-corrected chi connectivity index (χ1v) is 8.45. The molecule has 0 spiro atoms.